The van der Waals surface area contributed by atoms with E-state index in [0.717, 1.165) is 5.69 Å². The summed E-state index contributed by atoms with van der Waals surface area (Å²) in [5.74, 6) is 0.824. The first kappa shape index (κ1) is 10.2. The van der Waals surface area contributed by atoms with Crippen LogP contribution in [0.2, 0.25) is 0 Å². The third-order valence-electron chi connectivity index (χ3n) is 2.15. The standard InChI is InChI=1S/C10H12N2O2S/c1-8-3-2-4-10(11-8)12-9-5-6-15(13,14)7-9/h2-6,9H,7H2,1H3,(H,11,12). The van der Waals surface area contributed by atoms with Gasteiger partial charge in [-0.1, -0.05) is 6.07 Å². The summed E-state index contributed by atoms with van der Waals surface area (Å²) in [6.45, 7) is 1.90. The first-order chi connectivity index (χ1) is 7.05. The number of nitrogens with one attached hydrogen (secondary N) is 1. The van der Waals surface area contributed by atoms with Crippen LogP contribution in [0.25, 0.3) is 0 Å². The molecular weight excluding hydrogens is 212 g/mol. The van der Waals surface area contributed by atoms with Crippen molar-refractivity contribution in [2.45, 2.75) is 13.0 Å². The average Bonchev–Trinajstić information content (AvgIpc) is 2.45. The Kier molecular flexibility index (Phi) is 2.48. The third-order valence-corrected chi connectivity index (χ3v) is 3.55. The summed E-state index contributed by atoms with van der Waals surface area (Å²) >= 11 is 0. The molecule has 1 aliphatic rings. The molecule has 0 amide bonds. The van der Waals surface area contributed by atoms with E-state index in [0.29, 0.717) is 5.82 Å². The highest BCUT2D eigenvalue weighted by Gasteiger charge is 2.21. The molecule has 0 saturated heterocycles. The fourth-order valence-corrected chi connectivity index (χ4v) is 2.71. The van der Waals surface area contributed by atoms with Crippen LogP contribution >= 0.6 is 0 Å². The lowest BCUT2D eigenvalue weighted by atomic mass is 10.3. The number of pyridine rings is 1. The minimum Gasteiger partial charge on any atom is -0.363 e. The number of rotatable bonds is 2. The first-order valence-corrected chi connectivity index (χ1v) is 6.38. The lowest BCUT2D eigenvalue weighted by molar-refractivity contribution is 0.605. The van der Waals surface area contributed by atoms with Gasteiger partial charge in [0.2, 0.25) is 0 Å². The normalized spacial score (nSPS) is 22.9. The van der Waals surface area contributed by atoms with Gasteiger partial charge in [-0.15, -0.1) is 0 Å². The molecule has 15 heavy (non-hydrogen) atoms. The average molecular weight is 224 g/mol. The Balaban J connectivity index is 2.09. The van der Waals surface area contributed by atoms with Crippen molar-refractivity contribution in [2.24, 2.45) is 0 Å². The van der Waals surface area contributed by atoms with Crippen LogP contribution in [0, 0.1) is 6.92 Å². The van der Waals surface area contributed by atoms with E-state index in [9.17, 15) is 8.42 Å². The monoisotopic (exact) mass is 224 g/mol. The van der Waals surface area contributed by atoms with Gasteiger partial charge in [-0.25, -0.2) is 13.4 Å². The zero-order valence-electron chi connectivity index (χ0n) is 8.34. The molecular formula is C10H12N2O2S. The molecule has 1 N–H and O–H groups in total. The van der Waals surface area contributed by atoms with E-state index < -0.39 is 9.84 Å². The van der Waals surface area contributed by atoms with Crippen LogP contribution in [0.15, 0.2) is 29.7 Å². The van der Waals surface area contributed by atoms with Crippen LogP contribution in [0.3, 0.4) is 0 Å². The van der Waals surface area contributed by atoms with E-state index in [1.807, 2.05) is 25.1 Å². The summed E-state index contributed by atoms with van der Waals surface area (Å²) in [4.78, 5) is 4.24. The molecule has 80 valence electrons. The quantitative estimate of drug-likeness (QED) is 0.817. The molecule has 1 aromatic rings. The Morgan fingerprint density at radius 1 is 1.47 bits per heavy atom. The molecule has 1 aromatic heterocycles. The number of nitrogens with zero attached hydrogens (tertiary/aromatic N) is 1. The molecule has 0 aromatic carbocycles. The Hall–Kier alpha value is -1.36. The molecule has 5 heteroatoms. The first-order valence-electron chi connectivity index (χ1n) is 4.66. The Bertz CT molecular complexity index is 494. The van der Waals surface area contributed by atoms with Crippen LogP contribution in [0.1, 0.15) is 5.69 Å². The highest BCUT2D eigenvalue weighted by Crippen LogP contribution is 2.13. The van der Waals surface area contributed by atoms with Gasteiger partial charge in [-0.3, -0.25) is 0 Å². The molecule has 1 atom stereocenters. The SMILES string of the molecule is Cc1cccc(NC2C=CS(=O)(=O)C2)n1. The predicted octanol–water partition coefficient (Wildman–Crippen LogP) is 1.11. The highest BCUT2D eigenvalue weighted by molar-refractivity contribution is 7.94. The lowest BCUT2D eigenvalue weighted by Gasteiger charge is -2.10. The second kappa shape index (κ2) is 3.66. The van der Waals surface area contributed by atoms with Crippen molar-refractivity contribution in [3.05, 3.63) is 35.4 Å². The van der Waals surface area contributed by atoms with E-state index in [1.165, 1.54) is 5.41 Å². The van der Waals surface area contributed by atoms with Gasteiger partial charge in [0.25, 0.3) is 0 Å². The smallest absolute Gasteiger partial charge is 0.173 e. The topological polar surface area (TPSA) is 59.1 Å². The maximum atomic E-state index is 11.2. The van der Waals surface area contributed by atoms with Gasteiger partial charge in [-0.2, -0.15) is 0 Å². The largest absolute Gasteiger partial charge is 0.363 e. The molecule has 0 bridgehead atoms. The fraction of sp³-hybridized carbons (Fsp3) is 0.300. The maximum Gasteiger partial charge on any atom is 0.173 e. The summed E-state index contributed by atoms with van der Waals surface area (Å²) in [5.41, 5.74) is 0.907. The van der Waals surface area contributed by atoms with Crippen LogP contribution in [0.5, 0.6) is 0 Å². The molecule has 4 nitrogen and oxygen atoms in total. The number of anilines is 1. The fourth-order valence-electron chi connectivity index (χ4n) is 1.48. The number of sulfone groups is 1. The van der Waals surface area contributed by atoms with Crippen molar-refractivity contribution in [1.82, 2.24) is 4.98 Å². The van der Waals surface area contributed by atoms with Crippen LogP contribution < -0.4 is 5.32 Å². The van der Waals surface area contributed by atoms with Crippen molar-refractivity contribution in [3.8, 4) is 0 Å². The van der Waals surface area contributed by atoms with Crippen LogP contribution in [0.4, 0.5) is 5.82 Å². The summed E-state index contributed by atoms with van der Waals surface area (Å²) < 4.78 is 22.3. The van der Waals surface area contributed by atoms with Gasteiger partial charge < -0.3 is 5.32 Å². The van der Waals surface area contributed by atoms with Gasteiger partial charge in [0.1, 0.15) is 5.82 Å². The lowest BCUT2D eigenvalue weighted by Crippen LogP contribution is -2.21. The van der Waals surface area contributed by atoms with Crippen LogP contribution in [-0.4, -0.2) is 25.2 Å². The van der Waals surface area contributed by atoms with E-state index in [2.05, 4.69) is 10.3 Å². The highest BCUT2D eigenvalue weighted by atomic mass is 32.2. The zero-order valence-corrected chi connectivity index (χ0v) is 9.16. The second-order valence-corrected chi connectivity index (χ2v) is 5.50. The number of hydrogen-bond donors (Lipinski definition) is 1. The Labute approximate surface area is 89.0 Å². The minimum absolute atomic E-state index is 0.114. The van der Waals surface area contributed by atoms with Gasteiger partial charge in [0, 0.05) is 11.1 Å². The molecule has 1 aliphatic heterocycles. The molecule has 0 spiro atoms. The van der Waals surface area contributed by atoms with Gasteiger partial charge in [0.15, 0.2) is 9.84 Å². The molecule has 0 radical (unpaired) electrons. The van der Waals surface area contributed by atoms with Gasteiger partial charge in [-0.05, 0) is 25.1 Å². The molecule has 2 rings (SSSR count). The zero-order chi connectivity index (χ0) is 10.9. The number of hydrogen-bond acceptors (Lipinski definition) is 4. The number of aryl methyl sites for hydroxylation is 1. The van der Waals surface area contributed by atoms with Crippen molar-refractivity contribution in [3.63, 3.8) is 0 Å². The van der Waals surface area contributed by atoms with Crippen LogP contribution in [-0.2, 0) is 9.84 Å². The minimum atomic E-state index is -3.00. The van der Waals surface area contributed by atoms with E-state index in [-0.39, 0.29) is 11.8 Å². The number of aromatic nitrogens is 1. The molecule has 0 aliphatic carbocycles. The summed E-state index contributed by atoms with van der Waals surface area (Å²) in [6, 6.07) is 5.44. The second-order valence-electron chi connectivity index (χ2n) is 3.57. The Morgan fingerprint density at radius 3 is 2.87 bits per heavy atom. The Morgan fingerprint density at radius 2 is 2.27 bits per heavy atom. The van der Waals surface area contributed by atoms with Crippen molar-refractivity contribution >= 4 is 15.7 Å². The van der Waals surface area contributed by atoms with E-state index >= 15 is 0 Å². The molecule has 1 unspecified atom stereocenters. The maximum absolute atomic E-state index is 11.2. The van der Waals surface area contributed by atoms with Gasteiger partial charge in [0.05, 0.1) is 11.8 Å². The predicted molar refractivity (Wildman–Crippen MR) is 59.3 cm³/mol. The molecule has 2 heterocycles. The molecule has 0 saturated carbocycles. The van der Waals surface area contributed by atoms with Crippen molar-refractivity contribution < 1.29 is 8.42 Å². The summed E-state index contributed by atoms with van der Waals surface area (Å²) in [5, 5.41) is 4.31. The van der Waals surface area contributed by atoms with Crippen molar-refractivity contribution in [2.75, 3.05) is 11.1 Å². The van der Waals surface area contributed by atoms with E-state index in [1.54, 1.807) is 6.08 Å². The van der Waals surface area contributed by atoms with Gasteiger partial charge >= 0.3 is 0 Å². The van der Waals surface area contributed by atoms with Crippen molar-refractivity contribution in [1.29, 1.82) is 0 Å². The van der Waals surface area contributed by atoms with E-state index in [4.69, 9.17) is 0 Å². The third kappa shape index (κ3) is 2.56. The summed E-state index contributed by atoms with van der Waals surface area (Å²) in [7, 11) is -3.00. The summed E-state index contributed by atoms with van der Waals surface area (Å²) in [6.07, 6.45) is 1.65. The molecule has 0 fully saturated rings.